The van der Waals surface area contributed by atoms with Crippen molar-refractivity contribution in [2.24, 2.45) is 5.16 Å². The van der Waals surface area contributed by atoms with Crippen LogP contribution in [-0.2, 0) is 4.79 Å². The van der Waals surface area contributed by atoms with E-state index < -0.39 is 28.7 Å². The molecule has 15 heteroatoms. The van der Waals surface area contributed by atoms with Crippen molar-refractivity contribution in [3.63, 3.8) is 0 Å². The van der Waals surface area contributed by atoms with Crippen molar-refractivity contribution in [1.29, 1.82) is 0 Å². The standard InChI is InChI=1S/C12H12ClFN6O5S2/c13-6-3-5(1-2-7(6)14)15-10(16-22)9-12(18-25-17-9)26-4-8-11(21)20-27(23,24)19-8/h1-3,8,19,22-24H,4H2,(H,15,16)(H,20,21). The highest BCUT2D eigenvalue weighted by atomic mass is 35.5. The van der Waals surface area contributed by atoms with Crippen LogP contribution in [0.15, 0.2) is 33.0 Å². The molecule has 11 nitrogen and oxygen atoms in total. The molecule has 146 valence electrons. The van der Waals surface area contributed by atoms with E-state index in [1.807, 2.05) is 4.72 Å². The highest BCUT2D eigenvalue weighted by Crippen LogP contribution is 2.35. The molecule has 6 N–H and O–H groups in total. The van der Waals surface area contributed by atoms with Crippen molar-refractivity contribution in [1.82, 2.24) is 19.8 Å². The summed E-state index contributed by atoms with van der Waals surface area (Å²) in [7, 11) is -3.36. The van der Waals surface area contributed by atoms with Crippen LogP contribution >= 0.6 is 34.3 Å². The van der Waals surface area contributed by atoms with E-state index in [0.29, 0.717) is 5.69 Å². The number of rotatable bonds is 5. The van der Waals surface area contributed by atoms with Crippen LogP contribution in [0.1, 0.15) is 5.69 Å². The Morgan fingerprint density at radius 1 is 1.48 bits per heavy atom. The van der Waals surface area contributed by atoms with E-state index in [1.54, 1.807) is 0 Å². The van der Waals surface area contributed by atoms with Gasteiger partial charge in [-0.2, -0.15) is 4.72 Å². The molecular formula is C12H12ClFN6O5S2. The molecule has 0 saturated carbocycles. The predicted octanol–water partition coefficient (Wildman–Crippen LogP) is 1.87. The second kappa shape index (κ2) is 7.87. The summed E-state index contributed by atoms with van der Waals surface area (Å²) in [5.74, 6) is -1.30. The van der Waals surface area contributed by atoms with Gasteiger partial charge in [0.15, 0.2) is 10.7 Å². The maximum atomic E-state index is 13.2. The highest BCUT2D eigenvalue weighted by Gasteiger charge is 2.35. The van der Waals surface area contributed by atoms with Crippen LogP contribution in [0, 0.1) is 5.82 Å². The molecule has 3 rings (SSSR count). The molecule has 1 aromatic carbocycles. The van der Waals surface area contributed by atoms with Gasteiger partial charge in [-0.3, -0.25) is 13.9 Å². The van der Waals surface area contributed by atoms with Crippen LogP contribution in [0.2, 0.25) is 5.02 Å². The largest absolute Gasteiger partial charge is 0.409 e. The van der Waals surface area contributed by atoms with Gasteiger partial charge in [0.1, 0.15) is 11.9 Å². The first-order valence-electron chi connectivity index (χ1n) is 7.06. The van der Waals surface area contributed by atoms with Crippen molar-refractivity contribution >= 4 is 51.8 Å². The molecule has 1 aromatic heterocycles. The molecule has 1 unspecified atom stereocenters. The second-order valence-corrected chi connectivity index (χ2v) is 8.07. The number of nitrogens with zero attached hydrogens (tertiary/aromatic N) is 3. The van der Waals surface area contributed by atoms with Gasteiger partial charge in [0, 0.05) is 11.4 Å². The smallest absolute Gasteiger partial charge is 0.258 e. The summed E-state index contributed by atoms with van der Waals surface area (Å²) in [5.41, 5.74) is 0.340. The average molecular weight is 439 g/mol. The Balaban J connectivity index is 1.71. The van der Waals surface area contributed by atoms with Crippen molar-refractivity contribution < 1.29 is 28.1 Å². The number of benzene rings is 1. The Morgan fingerprint density at radius 2 is 2.26 bits per heavy atom. The number of anilines is 1. The topological polar surface area (TPSA) is 165 Å². The minimum atomic E-state index is -3.36. The lowest BCUT2D eigenvalue weighted by Gasteiger charge is -2.25. The molecule has 1 fully saturated rings. The summed E-state index contributed by atoms with van der Waals surface area (Å²) < 4.78 is 41.1. The summed E-state index contributed by atoms with van der Waals surface area (Å²) in [4.78, 5) is 11.7. The monoisotopic (exact) mass is 438 g/mol. The number of nitrogens with one attached hydrogen (secondary N) is 3. The third-order valence-electron chi connectivity index (χ3n) is 3.22. The number of carbonyl (C=O) groups is 1. The molecule has 27 heavy (non-hydrogen) atoms. The Labute approximate surface area is 161 Å². The zero-order valence-corrected chi connectivity index (χ0v) is 15.5. The molecule has 1 aliphatic heterocycles. The van der Waals surface area contributed by atoms with E-state index in [0.717, 1.165) is 17.8 Å². The van der Waals surface area contributed by atoms with Crippen LogP contribution in [0.5, 0.6) is 0 Å². The summed E-state index contributed by atoms with van der Waals surface area (Å²) in [6.45, 7) is 0. The SMILES string of the molecule is O=C1NS(O)(O)NC1CSc1nonc1C(=NO)Nc1ccc(F)c(Cl)c1. The number of oxime groups is 1. The van der Waals surface area contributed by atoms with Gasteiger partial charge in [-0.15, -0.1) is 0 Å². The first-order valence-corrected chi connectivity index (χ1v) is 9.97. The van der Waals surface area contributed by atoms with Crippen LogP contribution in [0.25, 0.3) is 0 Å². The molecule has 1 saturated heterocycles. The lowest BCUT2D eigenvalue weighted by atomic mass is 10.3. The van der Waals surface area contributed by atoms with Gasteiger partial charge >= 0.3 is 0 Å². The molecule has 1 aliphatic rings. The fraction of sp³-hybridized carbons (Fsp3) is 0.167. The van der Waals surface area contributed by atoms with Gasteiger partial charge in [0.05, 0.1) is 5.02 Å². The number of carbonyl (C=O) groups excluding carboxylic acids is 1. The minimum Gasteiger partial charge on any atom is -0.409 e. The van der Waals surface area contributed by atoms with Gasteiger partial charge in [-0.1, -0.05) is 39.5 Å². The van der Waals surface area contributed by atoms with Crippen molar-refractivity contribution in [3.05, 3.63) is 34.7 Å². The average Bonchev–Trinajstić information content (AvgIpc) is 3.17. The number of halogens is 2. The summed E-state index contributed by atoms with van der Waals surface area (Å²) in [6.07, 6.45) is 0. The Hall–Kier alpha value is -2.10. The van der Waals surface area contributed by atoms with E-state index in [-0.39, 0.29) is 27.3 Å². The van der Waals surface area contributed by atoms with E-state index in [9.17, 15) is 23.5 Å². The highest BCUT2D eigenvalue weighted by molar-refractivity contribution is 8.21. The molecule has 1 amide bonds. The summed E-state index contributed by atoms with van der Waals surface area (Å²) in [5, 5.41) is 22.4. The number of hydrogen-bond donors (Lipinski definition) is 6. The van der Waals surface area contributed by atoms with Crippen LogP contribution in [-0.4, -0.2) is 48.2 Å². The molecule has 2 heterocycles. The van der Waals surface area contributed by atoms with E-state index >= 15 is 0 Å². The zero-order valence-electron chi connectivity index (χ0n) is 13.1. The van der Waals surface area contributed by atoms with Gasteiger partial charge in [-0.25, -0.2) is 13.7 Å². The molecule has 2 aromatic rings. The third-order valence-corrected chi connectivity index (χ3v) is 5.65. The molecule has 1 atom stereocenters. The minimum absolute atomic E-state index is 0.0213. The molecule has 0 radical (unpaired) electrons. The maximum absolute atomic E-state index is 13.2. The molecule has 0 spiro atoms. The van der Waals surface area contributed by atoms with Crippen LogP contribution in [0.3, 0.4) is 0 Å². The van der Waals surface area contributed by atoms with E-state index in [2.05, 4.69) is 30.1 Å². The van der Waals surface area contributed by atoms with Gasteiger partial charge < -0.3 is 10.5 Å². The Morgan fingerprint density at radius 3 is 2.89 bits per heavy atom. The third kappa shape index (κ3) is 4.60. The fourth-order valence-corrected chi connectivity index (χ4v) is 4.30. The Bertz CT molecular complexity index is 897. The van der Waals surface area contributed by atoms with E-state index in [4.69, 9.17) is 11.6 Å². The van der Waals surface area contributed by atoms with Gasteiger partial charge in [0.25, 0.3) is 5.91 Å². The molecule has 0 aliphatic carbocycles. The molecule has 0 bridgehead atoms. The van der Waals surface area contributed by atoms with Crippen molar-refractivity contribution in [2.45, 2.75) is 11.1 Å². The number of aromatic nitrogens is 2. The van der Waals surface area contributed by atoms with Gasteiger partial charge in [0.2, 0.25) is 5.84 Å². The fourth-order valence-electron chi connectivity index (χ4n) is 2.03. The number of amides is 1. The number of amidine groups is 1. The lowest BCUT2D eigenvalue weighted by Crippen LogP contribution is -2.31. The summed E-state index contributed by atoms with van der Waals surface area (Å²) >= 11 is 6.70. The van der Waals surface area contributed by atoms with E-state index in [1.165, 1.54) is 12.1 Å². The normalized spacial score (nSPS) is 20.4. The van der Waals surface area contributed by atoms with Crippen LogP contribution in [0.4, 0.5) is 10.1 Å². The first kappa shape index (κ1) is 19.7. The lowest BCUT2D eigenvalue weighted by molar-refractivity contribution is -0.119. The zero-order chi connectivity index (χ0) is 19.6. The Kier molecular flexibility index (Phi) is 5.73. The molecular weight excluding hydrogens is 427 g/mol. The maximum Gasteiger partial charge on any atom is 0.258 e. The summed E-state index contributed by atoms with van der Waals surface area (Å²) in [6, 6.07) is 2.88. The van der Waals surface area contributed by atoms with Crippen molar-refractivity contribution in [3.8, 4) is 0 Å². The number of hydrogen-bond acceptors (Lipinski definition) is 10. The first-order chi connectivity index (χ1) is 12.8. The van der Waals surface area contributed by atoms with Gasteiger partial charge in [-0.05, 0) is 28.5 Å². The second-order valence-electron chi connectivity index (χ2n) is 5.12. The van der Waals surface area contributed by atoms with Crippen molar-refractivity contribution in [2.75, 3.05) is 11.1 Å². The predicted molar refractivity (Wildman–Crippen MR) is 96.3 cm³/mol. The van der Waals surface area contributed by atoms with Crippen LogP contribution < -0.4 is 14.8 Å². The number of thioether (sulfide) groups is 1. The quantitative estimate of drug-likeness (QED) is 0.133.